The maximum Gasteiger partial charge on any atom is 0.472 e. The molecule has 0 aliphatic carbocycles. The highest BCUT2D eigenvalue weighted by atomic mass is 31.2. The number of guanidine groups is 2. The molecule has 6 unspecified atom stereocenters. The number of imidazole rings is 2. The number of aliphatic hydroxyl groups is 2. The van der Waals surface area contributed by atoms with Crippen molar-refractivity contribution in [2.24, 2.45) is 35.5 Å². The minimum Gasteiger partial charge on any atom is -0.444 e. The van der Waals surface area contributed by atoms with Crippen molar-refractivity contribution in [2.75, 3.05) is 46.6 Å². The van der Waals surface area contributed by atoms with Crippen molar-refractivity contribution < 1.29 is 75.4 Å². The average molecular weight is 952 g/mol. The molecule has 0 spiro atoms. The number of amides is 1. The van der Waals surface area contributed by atoms with Gasteiger partial charge in [0.25, 0.3) is 11.9 Å². The van der Waals surface area contributed by atoms with E-state index in [1.807, 2.05) is 57.3 Å². The highest BCUT2D eigenvalue weighted by Crippen LogP contribution is 2.44. The van der Waals surface area contributed by atoms with Gasteiger partial charge in [0, 0.05) is 26.6 Å². The molecule has 6 rings (SSSR count). The van der Waals surface area contributed by atoms with Gasteiger partial charge in [-0.1, -0.05) is 50.8 Å². The third-order valence-electron chi connectivity index (χ3n) is 9.13. The summed E-state index contributed by atoms with van der Waals surface area (Å²) < 4.78 is 67.2. The number of aliphatic hydroxyl groups excluding tert-OH is 2. The van der Waals surface area contributed by atoms with Crippen LogP contribution >= 0.6 is 15.6 Å². The zero-order valence-electron chi connectivity index (χ0n) is 38.2. The molecule has 2 saturated heterocycles. The van der Waals surface area contributed by atoms with Crippen LogP contribution in [-0.2, 0) is 55.5 Å². The highest BCUT2D eigenvalue weighted by molar-refractivity contribution is 7.47. The molecule has 4 aliphatic rings. The predicted molar refractivity (Wildman–Crippen MR) is 233 cm³/mol. The van der Waals surface area contributed by atoms with Gasteiger partial charge < -0.3 is 61.2 Å². The average Bonchev–Trinajstić information content (AvgIpc) is 3.99. The number of phosphoric ester groups is 2. The van der Waals surface area contributed by atoms with E-state index in [0.29, 0.717) is 35.9 Å². The fourth-order valence-corrected chi connectivity index (χ4v) is 7.61. The van der Waals surface area contributed by atoms with E-state index >= 15 is 0 Å². The zero-order chi connectivity index (χ0) is 48.3. The predicted octanol–water partition coefficient (Wildman–Crippen LogP) is 1.78. The van der Waals surface area contributed by atoms with Crippen LogP contribution in [0.25, 0.3) is 11.4 Å². The molecule has 1 amide bonds. The molecule has 0 bridgehead atoms. The number of aryl methyl sites for hydroxylation is 2. The van der Waals surface area contributed by atoms with Gasteiger partial charge in [0.15, 0.2) is 30.3 Å². The number of fused-ring (bicyclic) bond motifs is 2. The SMILES string of the molecule is C=C1NC(N)=Nc2c1n(C)c[n+]2C1CCC(COP(=O)(O)OCCN(CCOP(=O)(O)OC)C(=O)OC(C)(C)C)O1.C=C1NC(N)=Nc2c1n(C)c[n+]2[C@@H]1OCC(O)C1O.CC.CC. The van der Waals surface area contributed by atoms with Crippen LogP contribution in [0.2, 0.25) is 0 Å². The van der Waals surface area contributed by atoms with Crippen molar-refractivity contribution in [3.8, 4) is 0 Å². The number of hydrogen-bond donors (Lipinski definition) is 8. The smallest absolute Gasteiger partial charge is 0.444 e. The molecule has 0 radical (unpaired) electrons. The van der Waals surface area contributed by atoms with Crippen LogP contribution in [0.15, 0.2) is 35.8 Å². The molecule has 10 N–H and O–H groups in total. The van der Waals surface area contributed by atoms with Crippen LogP contribution < -0.4 is 31.2 Å². The molecule has 25 nitrogen and oxygen atoms in total. The molecule has 362 valence electrons. The summed E-state index contributed by atoms with van der Waals surface area (Å²) in [6, 6.07) is 0. The summed E-state index contributed by atoms with van der Waals surface area (Å²) in [5.41, 5.74) is 13.4. The summed E-state index contributed by atoms with van der Waals surface area (Å²) in [6.45, 7) is 19.6. The van der Waals surface area contributed by atoms with Crippen LogP contribution in [0.4, 0.5) is 16.4 Å². The fraction of sp³-hybridized carbons (Fsp3) is 0.649. The summed E-state index contributed by atoms with van der Waals surface area (Å²) >= 11 is 0. The summed E-state index contributed by atoms with van der Waals surface area (Å²) in [5, 5.41) is 25.2. The lowest BCUT2D eigenvalue weighted by molar-refractivity contribution is -0.753. The van der Waals surface area contributed by atoms with Crippen molar-refractivity contribution in [3.63, 3.8) is 0 Å². The number of nitrogens with one attached hydrogen (secondary N) is 2. The first-order chi connectivity index (χ1) is 30.0. The standard InChI is InChI=1S/C22H38N6O11P2.C11H16N5O3.2C2H6/c1-15-18-19(25-20(23)24-15)28(14-26(18)5)17-8-7-16(38-17)13-37-41(32,33)36-12-10-27(21(29)39-22(2,3)4)9-11-35-40(30,31)34-6;1-5-7-9(14-11(12)13-5)16(4-15(7)2)10-8(18)6(17)3-19-10;2*1-2/h14,16-17H,1,7-13H2,2-6H3,(H4-,23,24,25,30,31,32,33);4,6,8,10,17-18H,1,3H2,2H3,(H3,12,13,14);2*1-2H3/q;+1;;/p+1/t;6?,8?,10-;;/m.1../s1. The fourth-order valence-electron chi connectivity index (χ4n) is 6.45. The van der Waals surface area contributed by atoms with Crippen molar-refractivity contribution in [2.45, 2.75) is 97.7 Å². The molecule has 2 aromatic rings. The number of rotatable bonds is 14. The molecular formula is C37H67N11O14P2+2. The number of nitrogens with two attached hydrogens (primary N) is 2. The summed E-state index contributed by atoms with van der Waals surface area (Å²) in [4.78, 5) is 41.8. The molecule has 27 heteroatoms. The lowest BCUT2D eigenvalue weighted by Gasteiger charge is -2.27. The van der Waals surface area contributed by atoms with Crippen LogP contribution in [0, 0.1) is 0 Å². The number of phosphoric acid groups is 2. The molecule has 4 aliphatic heterocycles. The third kappa shape index (κ3) is 14.4. The zero-order valence-corrected chi connectivity index (χ0v) is 40.0. The van der Waals surface area contributed by atoms with E-state index in [0.717, 1.165) is 23.4 Å². The first-order valence-electron chi connectivity index (χ1n) is 20.6. The van der Waals surface area contributed by atoms with Gasteiger partial charge in [0.2, 0.25) is 6.23 Å². The second-order valence-electron chi connectivity index (χ2n) is 14.9. The normalized spacial score (nSPS) is 23.1. The lowest BCUT2D eigenvalue weighted by atomic mass is 10.2. The van der Waals surface area contributed by atoms with Gasteiger partial charge in [-0.25, -0.2) is 23.1 Å². The van der Waals surface area contributed by atoms with E-state index in [9.17, 15) is 33.9 Å². The Hall–Kier alpha value is -4.23. The topological polar surface area (TPSA) is 318 Å². The minimum atomic E-state index is -4.52. The first kappa shape index (κ1) is 54.1. The van der Waals surface area contributed by atoms with Crippen LogP contribution in [0.1, 0.15) is 85.2 Å². The molecule has 64 heavy (non-hydrogen) atoms. The van der Waals surface area contributed by atoms with Crippen LogP contribution in [0.5, 0.6) is 0 Å². The van der Waals surface area contributed by atoms with E-state index in [-0.39, 0.29) is 44.8 Å². The Balaban J connectivity index is 0.000000391. The van der Waals surface area contributed by atoms with Gasteiger partial charge in [0.1, 0.15) is 17.8 Å². The summed E-state index contributed by atoms with van der Waals surface area (Å²) in [5.74, 6) is 1.56. The molecule has 7 atom stereocenters. The summed E-state index contributed by atoms with van der Waals surface area (Å²) in [6.07, 6.45) is 0.402. The van der Waals surface area contributed by atoms with Gasteiger partial charge in [0.05, 0.1) is 58.0 Å². The molecule has 0 aromatic carbocycles. The van der Waals surface area contributed by atoms with E-state index in [1.54, 1.807) is 36.2 Å². The largest absolute Gasteiger partial charge is 0.472 e. The highest BCUT2D eigenvalue weighted by Gasteiger charge is 2.43. The lowest BCUT2D eigenvalue weighted by Crippen LogP contribution is -2.46. The van der Waals surface area contributed by atoms with Gasteiger partial charge in [-0.3, -0.25) is 27.2 Å². The monoisotopic (exact) mass is 951 g/mol. The van der Waals surface area contributed by atoms with Gasteiger partial charge in [-0.2, -0.15) is 0 Å². The van der Waals surface area contributed by atoms with Gasteiger partial charge >= 0.3 is 33.4 Å². The Kier molecular flexibility index (Phi) is 19.7. The Morgan fingerprint density at radius 1 is 0.906 bits per heavy atom. The number of carbonyl (C=O) groups is 1. The number of aliphatic imine (C=N–C) groups is 2. The minimum absolute atomic E-state index is 0.0842. The van der Waals surface area contributed by atoms with Gasteiger partial charge in [-0.05, 0) is 27.2 Å². The molecule has 6 heterocycles. The number of aromatic nitrogens is 4. The van der Waals surface area contributed by atoms with E-state index < -0.39 is 64.7 Å². The quantitative estimate of drug-likeness (QED) is 0.0988. The van der Waals surface area contributed by atoms with Crippen LogP contribution in [0.3, 0.4) is 0 Å². The number of hydrogen-bond acceptors (Lipinski definition) is 18. The van der Waals surface area contributed by atoms with Crippen molar-refractivity contribution in [1.29, 1.82) is 0 Å². The van der Waals surface area contributed by atoms with Crippen molar-refractivity contribution >= 4 is 56.7 Å². The summed E-state index contributed by atoms with van der Waals surface area (Å²) in [7, 11) is -4.10. The third-order valence-corrected chi connectivity index (χ3v) is 11.1. The van der Waals surface area contributed by atoms with Gasteiger partial charge in [-0.15, -0.1) is 0 Å². The molecule has 2 aromatic heterocycles. The van der Waals surface area contributed by atoms with Crippen molar-refractivity contribution in [1.82, 2.24) is 24.7 Å². The Labute approximate surface area is 373 Å². The second-order valence-corrected chi connectivity index (χ2v) is 17.9. The van der Waals surface area contributed by atoms with Crippen LogP contribution in [-0.4, -0.2) is 123 Å². The maximum absolute atomic E-state index is 12.5. The Bertz CT molecular complexity index is 2100. The first-order valence-corrected chi connectivity index (χ1v) is 23.6. The number of carbonyl (C=O) groups excluding carboxylic acids is 1. The molecule has 0 saturated carbocycles. The second kappa shape index (κ2) is 23.3. The number of ether oxygens (including phenoxy) is 3. The molecule has 2 fully saturated rings. The maximum atomic E-state index is 12.5. The van der Waals surface area contributed by atoms with Crippen molar-refractivity contribution in [3.05, 3.63) is 37.2 Å². The number of nitrogens with zero attached hydrogens (tertiary/aromatic N) is 7. The van der Waals surface area contributed by atoms with E-state index in [1.165, 1.54) is 0 Å². The molecular weight excluding hydrogens is 884 g/mol. The Morgan fingerprint density at radius 2 is 1.41 bits per heavy atom. The van der Waals surface area contributed by atoms with E-state index in [2.05, 4.69) is 38.3 Å². The van der Waals surface area contributed by atoms with E-state index in [4.69, 9.17) is 39.2 Å². The Morgan fingerprint density at radius 3 is 1.89 bits per heavy atom.